The van der Waals surface area contributed by atoms with E-state index in [-0.39, 0.29) is 0 Å². The predicted octanol–water partition coefficient (Wildman–Crippen LogP) is 1.76. The number of nitrogens with zero attached hydrogens (tertiary/aromatic N) is 3. The van der Waals surface area contributed by atoms with Gasteiger partial charge in [-0.15, -0.1) is 21.8 Å². The Morgan fingerprint density at radius 2 is 2.43 bits per heavy atom. The SMILES string of the molecule is ClCc1nncn1C1CCCOCC1. The summed E-state index contributed by atoms with van der Waals surface area (Å²) in [7, 11) is 0. The first-order valence-electron chi connectivity index (χ1n) is 4.94. The zero-order valence-corrected chi connectivity index (χ0v) is 8.78. The van der Waals surface area contributed by atoms with Crippen LogP contribution in [0.4, 0.5) is 0 Å². The summed E-state index contributed by atoms with van der Waals surface area (Å²) in [5.74, 6) is 1.29. The van der Waals surface area contributed by atoms with Crippen LogP contribution >= 0.6 is 11.6 Å². The number of ether oxygens (including phenoxy) is 1. The molecule has 2 rings (SSSR count). The highest BCUT2D eigenvalue weighted by molar-refractivity contribution is 6.16. The van der Waals surface area contributed by atoms with Gasteiger partial charge in [-0.1, -0.05) is 0 Å². The lowest BCUT2D eigenvalue weighted by atomic mass is 10.1. The highest BCUT2D eigenvalue weighted by atomic mass is 35.5. The molecule has 1 unspecified atom stereocenters. The first-order chi connectivity index (χ1) is 6.92. The first kappa shape index (κ1) is 9.93. The largest absolute Gasteiger partial charge is 0.381 e. The predicted molar refractivity (Wildman–Crippen MR) is 53.3 cm³/mol. The summed E-state index contributed by atoms with van der Waals surface area (Å²) >= 11 is 5.78. The Morgan fingerprint density at radius 3 is 3.29 bits per heavy atom. The van der Waals surface area contributed by atoms with Crippen molar-refractivity contribution < 1.29 is 4.74 Å². The number of alkyl halides is 1. The van der Waals surface area contributed by atoms with E-state index in [0.29, 0.717) is 11.9 Å². The maximum atomic E-state index is 5.78. The summed E-state index contributed by atoms with van der Waals surface area (Å²) in [6.07, 6.45) is 5.03. The lowest BCUT2D eigenvalue weighted by Crippen LogP contribution is -2.11. The molecular weight excluding hydrogens is 202 g/mol. The summed E-state index contributed by atoms with van der Waals surface area (Å²) in [6.45, 7) is 1.69. The van der Waals surface area contributed by atoms with Gasteiger partial charge in [0.1, 0.15) is 12.2 Å². The zero-order chi connectivity index (χ0) is 9.80. The Kier molecular flexibility index (Phi) is 3.37. The molecule has 0 bridgehead atoms. The molecule has 0 radical (unpaired) electrons. The highest BCUT2D eigenvalue weighted by Gasteiger charge is 2.16. The van der Waals surface area contributed by atoms with Crippen molar-refractivity contribution in [1.29, 1.82) is 0 Å². The van der Waals surface area contributed by atoms with Crippen molar-refractivity contribution in [1.82, 2.24) is 14.8 Å². The van der Waals surface area contributed by atoms with Crippen LogP contribution in [-0.4, -0.2) is 28.0 Å². The van der Waals surface area contributed by atoms with Crippen LogP contribution < -0.4 is 0 Å². The van der Waals surface area contributed by atoms with Gasteiger partial charge in [-0.2, -0.15) is 0 Å². The summed E-state index contributed by atoms with van der Waals surface area (Å²) in [6, 6.07) is 0.459. The summed E-state index contributed by atoms with van der Waals surface area (Å²) in [4.78, 5) is 0. The Bertz CT molecular complexity index is 281. The quantitative estimate of drug-likeness (QED) is 0.706. The molecule has 1 aromatic rings. The molecule has 1 atom stereocenters. The number of aromatic nitrogens is 3. The number of rotatable bonds is 2. The van der Waals surface area contributed by atoms with E-state index < -0.39 is 0 Å². The maximum Gasteiger partial charge on any atom is 0.148 e. The van der Waals surface area contributed by atoms with Crippen LogP contribution in [0.5, 0.6) is 0 Å². The van der Waals surface area contributed by atoms with Crippen molar-refractivity contribution in [2.24, 2.45) is 0 Å². The molecule has 4 nitrogen and oxygen atoms in total. The van der Waals surface area contributed by atoms with E-state index in [0.717, 1.165) is 38.3 Å². The second-order valence-corrected chi connectivity index (χ2v) is 3.75. The van der Waals surface area contributed by atoms with Gasteiger partial charge in [0.05, 0.1) is 5.88 Å². The zero-order valence-electron chi connectivity index (χ0n) is 8.03. The van der Waals surface area contributed by atoms with E-state index in [4.69, 9.17) is 16.3 Å². The average Bonchev–Trinajstić information content (AvgIpc) is 2.52. The van der Waals surface area contributed by atoms with Gasteiger partial charge >= 0.3 is 0 Å². The third-order valence-electron chi connectivity index (χ3n) is 2.58. The molecule has 0 amide bonds. The fourth-order valence-electron chi connectivity index (χ4n) is 1.83. The molecule has 5 heteroatoms. The van der Waals surface area contributed by atoms with E-state index in [2.05, 4.69) is 14.8 Å². The lowest BCUT2D eigenvalue weighted by Gasteiger charge is -2.16. The van der Waals surface area contributed by atoms with Crippen LogP contribution in [0.2, 0.25) is 0 Å². The molecule has 0 spiro atoms. The summed E-state index contributed by atoms with van der Waals surface area (Å²) in [5, 5.41) is 7.87. The Morgan fingerprint density at radius 1 is 1.50 bits per heavy atom. The standard InChI is InChI=1S/C9H14ClN3O/c10-6-9-12-11-7-13(9)8-2-1-4-14-5-3-8/h7-8H,1-6H2. The third-order valence-corrected chi connectivity index (χ3v) is 2.82. The molecule has 0 aromatic carbocycles. The molecule has 1 aliphatic rings. The van der Waals surface area contributed by atoms with E-state index in [9.17, 15) is 0 Å². The molecule has 1 fully saturated rings. The van der Waals surface area contributed by atoms with E-state index in [1.54, 1.807) is 6.33 Å². The van der Waals surface area contributed by atoms with Crippen molar-refractivity contribution in [2.75, 3.05) is 13.2 Å². The molecule has 0 saturated carbocycles. The van der Waals surface area contributed by atoms with Crippen LogP contribution in [0.25, 0.3) is 0 Å². The van der Waals surface area contributed by atoms with Crippen molar-refractivity contribution in [3.05, 3.63) is 12.2 Å². The molecule has 0 aliphatic carbocycles. The number of hydrogen-bond donors (Lipinski definition) is 0. The van der Waals surface area contributed by atoms with E-state index in [1.807, 2.05) is 0 Å². The minimum Gasteiger partial charge on any atom is -0.381 e. The van der Waals surface area contributed by atoms with Gasteiger partial charge in [-0.3, -0.25) is 0 Å². The van der Waals surface area contributed by atoms with E-state index >= 15 is 0 Å². The molecule has 78 valence electrons. The van der Waals surface area contributed by atoms with Crippen LogP contribution in [-0.2, 0) is 10.6 Å². The monoisotopic (exact) mass is 215 g/mol. The van der Waals surface area contributed by atoms with Crippen molar-refractivity contribution in [3.8, 4) is 0 Å². The van der Waals surface area contributed by atoms with Crippen LogP contribution in [0, 0.1) is 0 Å². The molecule has 1 aliphatic heterocycles. The first-order valence-corrected chi connectivity index (χ1v) is 5.47. The molecule has 2 heterocycles. The summed E-state index contributed by atoms with van der Waals surface area (Å²) in [5.41, 5.74) is 0. The summed E-state index contributed by atoms with van der Waals surface area (Å²) < 4.78 is 7.49. The minimum atomic E-state index is 0.428. The fourth-order valence-corrected chi connectivity index (χ4v) is 2.02. The second-order valence-electron chi connectivity index (χ2n) is 3.49. The Balaban J connectivity index is 2.11. The van der Waals surface area contributed by atoms with Gasteiger partial charge in [-0.25, -0.2) is 0 Å². The third kappa shape index (κ3) is 2.07. The lowest BCUT2D eigenvalue weighted by molar-refractivity contribution is 0.141. The molecule has 0 N–H and O–H groups in total. The maximum absolute atomic E-state index is 5.78. The van der Waals surface area contributed by atoms with Crippen LogP contribution in [0.15, 0.2) is 6.33 Å². The second kappa shape index (κ2) is 4.75. The van der Waals surface area contributed by atoms with Crippen LogP contribution in [0.1, 0.15) is 31.1 Å². The fraction of sp³-hybridized carbons (Fsp3) is 0.778. The topological polar surface area (TPSA) is 39.9 Å². The molecular formula is C9H14ClN3O. The molecule has 1 saturated heterocycles. The average molecular weight is 216 g/mol. The van der Waals surface area contributed by atoms with Gasteiger partial charge in [0.25, 0.3) is 0 Å². The molecule has 1 aromatic heterocycles. The van der Waals surface area contributed by atoms with Gasteiger partial charge < -0.3 is 9.30 Å². The Labute approximate surface area is 88.2 Å². The number of halogens is 1. The normalized spacial score (nSPS) is 23.4. The van der Waals surface area contributed by atoms with Crippen molar-refractivity contribution in [3.63, 3.8) is 0 Å². The van der Waals surface area contributed by atoms with Gasteiger partial charge in [0.2, 0.25) is 0 Å². The van der Waals surface area contributed by atoms with Crippen LogP contribution in [0.3, 0.4) is 0 Å². The minimum absolute atomic E-state index is 0.428. The van der Waals surface area contributed by atoms with Crippen molar-refractivity contribution >= 4 is 11.6 Å². The van der Waals surface area contributed by atoms with Crippen molar-refractivity contribution in [2.45, 2.75) is 31.2 Å². The van der Waals surface area contributed by atoms with E-state index in [1.165, 1.54) is 0 Å². The van der Waals surface area contributed by atoms with Gasteiger partial charge in [0, 0.05) is 19.3 Å². The Hall–Kier alpha value is -0.610. The van der Waals surface area contributed by atoms with Gasteiger partial charge in [-0.05, 0) is 19.3 Å². The smallest absolute Gasteiger partial charge is 0.148 e. The molecule has 14 heavy (non-hydrogen) atoms. The van der Waals surface area contributed by atoms with Gasteiger partial charge in [0.15, 0.2) is 0 Å². The number of hydrogen-bond acceptors (Lipinski definition) is 3. The highest BCUT2D eigenvalue weighted by Crippen LogP contribution is 2.22.